The average Bonchev–Trinajstić information content (AvgIpc) is 3.50. The third-order valence-corrected chi connectivity index (χ3v) is 5.42. The largest absolute Gasteiger partial charge is 0.372 e. The molecule has 2 aliphatic heterocycles. The molecule has 0 bridgehead atoms. The van der Waals surface area contributed by atoms with Gasteiger partial charge in [0.05, 0.1) is 32.1 Å². The summed E-state index contributed by atoms with van der Waals surface area (Å²) in [5.41, 5.74) is 8.31. The van der Waals surface area contributed by atoms with Crippen LogP contribution in [0.4, 0.5) is 0 Å². The zero-order chi connectivity index (χ0) is 24.0. The summed E-state index contributed by atoms with van der Waals surface area (Å²) in [7, 11) is 0. The lowest BCUT2D eigenvalue weighted by Gasteiger charge is -2.08. The van der Waals surface area contributed by atoms with Gasteiger partial charge in [-0.3, -0.25) is 9.59 Å². The summed E-state index contributed by atoms with van der Waals surface area (Å²) < 4.78 is 10.7. The van der Waals surface area contributed by atoms with E-state index in [-0.39, 0.29) is 11.6 Å². The lowest BCUT2D eigenvalue weighted by molar-refractivity contribution is 0.1000. The minimum Gasteiger partial charge on any atom is -0.372 e. The van der Waals surface area contributed by atoms with Crippen LogP contribution in [-0.2, 0) is 35.9 Å². The molecule has 0 saturated carbocycles. The summed E-state index contributed by atoms with van der Waals surface area (Å²) in [6, 6.07) is 13.6. The Hall–Kier alpha value is -3.22. The molecule has 2 aromatic heterocycles. The molecule has 33 heavy (non-hydrogen) atoms. The predicted molar refractivity (Wildman–Crippen MR) is 127 cm³/mol. The lowest BCUT2D eigenvalue weighted by Crippen LogP contribution is -2.02. The van der Waals surface area contributed by atoms with Crippen molar-refractivity contribution < 1.29 is 19.1 Å². The Morgan fingerprint density at radius 3 is 1.85 bits per heavy atom. The van der Waals surface area contributed by atoms with Gasteiger partial charge in [-0.05, 0) is 30.2 Å². The smallest absolute Gasteiger partial charge is 0.178 e. The molecule has 6 nitrogen and oxygen atoms in total. The quantitative estimate of drug-likeness (QED) is 0.485. The Bertz CT molecular complexity index is 1160. The highest BCUT2D eigenvalue weighted by molar-refractivity contribution is 5.93. The van der Waals surface area contributed by atoms with E-state index in [9.17, 15) is 9.59 Å². The average molecular weight is 447 g/mol. The Kier molecular flexibility index (Phi) is 8.20. The van der Waals surface area contributed by atoms with E-state index in [1.165, 1.54) is 6.92 Å². The van der Waals surface area contributed by atoms with Crippen molar-refractivity contribution >= 4 is 11.6 Å². The number of ketones is 2. The van der Waals surface area contributed by atoms with Gasteiger partial charge in [0.1, 0.15) is 11.4 Å². The summed E-state index contributed by atoms with van der Waals surface area (Å²) in [5.74, 6) is -0.000295. The first-order valence-electron chi connectivity index (χ1n) is 11.2. The summed E-state index contributed by atoms with van der Waals surface area (Å²) in [5, 5.41) is 0. The molecule has 4 heterocycles. The van der Waals surface area contributed by atoms with Crippen molar-refractivity contribution in [2.24, 2.45) is 0 Å². The molecule has 0 fully saturated rings. The van der Waals surface area contributed by atoms with Crippen molar-refractivity contribution in [2.75, 3.05) is 0 Å². The molecular formula is C27H30N2O4. The number of benzene rings is 1. The molecular weight excluding hydrogens is 416 g/mol. The van der Waals surface area contributed by atoms with Crippen LogP contribution in [-0.4, -0.2) is 21.5 Å². The van der Waals surface area contributed by atoms with E-state index in [1.807, 2.05) is 63.2 Å². The third-order valence-electron chi connectivity index (χ3n) is 5.42. The summed E-state index contributed by atoms with van der Waals surface area (Å²) in [6.45, 7) is 11.4. The number of Topliss-reactive ketones (excluding diaryl/α,β-unsaturated/α-hetero) is 2. The van der Waals surface area contributed by atoms with E-state index in [0.717, 1.165) is 39.2 Å². The Balaban J connectivity index is 0.000000181. The second-order valence-electron chi connectivity index (χ2n) is 7.69. The summed E-state index contributed by atoms with van der Waals surface area (Å²) in [4.78, 5) is 31.3. The van der Waals surface area contributed by atoms with Crippen molar-refractivity contribution in [3.05, 3.63) is 81.8 Å². The standard InChI is InChI=1S/C15H13NO2.C10H11NO2.C2H6/c1-10(17)14-7-12-8-18-9-13(12)15(16-14)11-5-3-2-4-6-11;1-6-9-5-13-4-8(9)3-10(11-6)7(2)12;1-2/h2-7H,8-9H2,1H3;3H,4-5H2,1-2H3;1-2H3. The molecule has 1 aromatic carbocycles. The Morgan fingerprint density at radius 1 is 0.758 bits per heavy atom. The van der Waals surface area contributed by atoms with Crippen LogP contribution in [0.3, 0.4) is 0 Å². The number of aromatic nitrogens is 2. The number of carbonyl (C=O) groups is 2. The topological polar surface area (TPSA) is 78.4 Å². The van der Waals surface area contributed by atoms with E-state index in [2.05, 4.69) is 9.97 Å². The Morgan fingerprint density at radius 2 is 1.27 bits per heavy atom. The first kappa shape index (κ1) is 24.4. The van der Waals surface area contributed by atoms with E-state index in [4.69, 9.17) is 9.47 Å². The molecule has 172 valence electrons. The first-order chi connectivity index (χ1) is 15.9. The number of aryl methyl sites for hydroxylation is 1. The number of carbonyl (C=O) groups excluding carboxylic acids is 2. The normalized spacial score (nSPS) is 13.1. The van der Waals surface area contributed by atoms with Gasteiger partial charge >= 0.3 is 0 Å². The molecule has 0 atom stereocenters. The van der Waals surface area contributed by atoms with Gasteiger partial charge in [-0.1, -0.05) is 44.2 Å². The number of rotatable bonds is 3. The van der Waals surface area contributed by atoms with E-state index >= 15 is 0 Å². The maximum Gasteiger partial charge on any atom is 0.178 e. The van der Waals surface area contributed by atoms with Gasteiger partial charge in [0.15, 0.2) is 11.6 Å². The van der Waals surface area contributed by atoms with Gasteiger partial charge in [-0.2, -0.15) is 0 Å². The van der Waals surface area contributed by atoms with Gasteiger partial charge in [0.25, 0.3) is 0 Å². The van der Waals surface area contributed by atoms with E-state index < -0.39 is 0 Å². The molecule has 5 rings (SSSR count). The fourth-order valence-electron chi connectivity index (χ4n) is 3.73. The Labute approximate surface area is 195 Å². The van der Waals surface area contributed by atoms with Crippen LogP contribution in [0.15, 0.2) is 42.5 Å². The zero-order valence-corrected chi connectivity index (χ0v) is 19.9. The number of hydrogen-bond donors (Lipinski definition) is 0. The molecule has 0 radical (unpaired) electrons. The van der Waals surface area contributed by atoms with E-state index in [0.29, 0.717) is 37.8 Å². The molecule has 0 unspecified atom stereocenters. The molecule has 0 N–H and O–H groups in total. The highest BCUT2D eigenvalue weighted by Gasteiger charge is 2.20. The highest BCUT2D eigenvalue weighted by Crippen LogP contribution is 2.30. The number of ether oxygens (including phenoxy) is 2. The van der Waals surface area contributed by atoms with Gasteiger partial charge in [-0.15, -0.1) is 0 Å². The second kappa shape index (κ2) is 11.1. The highest BCUT2D eigenvalue weighted by atomic mass is 16.5. The third kappa shape index (κ3) is 5.59. The molecule has 0 aliphatic carbocycles. The summed E-state index contributed by atoms with van der Waals surface area (Å²) >= 11 is 0. The van der Waals surface area contributed by atoms with Crippen LogP contribution in [0.1, 0.15) is 76.6 Å². The van der Waals surface area contributed by atoms with E-state index in [1.54, 1.807) is 6.92 Å². The first-order valence-corrected chi connectivity index (χ1v) is 11.2. The van der Waals surface area contributed by atoms with Crippen LogP contribution >= 0.6 is 0 Å². The van der Waals surface area contributed by atoms with Gasteiger partial charge in [-0.25, -0.2) is 9.97 Å². The van der Waals surface area contributed by atoms with Gasteiger partial charge in [0, 0.05) is 36.2 Å². The molecule has 0 amide bonds. The number of nitrogens with zero attached hydrogens (tertiary/aromatic N) is 2. The van der Waals surface area contributed by atoms with Crippen molar-refractivity contribution in [3.63, 3.8) is 0 Å². The van der Waals surface area contributed by atoms with Crippen molar-refractivity contribution in [1.82, 2.24) is 9.97 Å². The van der Waals surface area contributed by atoms with Crippen molar-refractivity contribution in [3.8, 4) is 11.3 Å². The number of fused-ring (bicyclic) bond motifs is 2. The van der Waals surface area contributed by atoms with Gasteiger partial charge in [0.2, 0.25) is 0 Å². The van der Waals surface area contributed by atoms with Crippen molar-refractivity contribution in [1.29, 1.82) is 0 Å². The van der Waals surface area contributed by atoms with Crippen LogP contribution in [0.25, 0.3) is 11.3 Å². The molecule has 2 aliphatic rings. The molecule has 0 spiro atoms. The molecule has 3 aromatic rings. The maximum atomic E-state index is 11.5. The SMILES string of the molecule is CC.CC(=O)c1cc2c(c(-c3ccccc3)n1)COC2.CC(=O)c1cc2c(c(C)n1)COC2. The van der Waals surface area contributed by atoms with Gasteiger partial charge < -0.3 is 9.47 Å². The lowest BCUT2D eigenvalue weighted by atomic mass is 10.0. The zero-order valence-electron chi connectivity index (χ0n) is 19.9. The fourth-order valence-corrected chi connectivity index (χ4v) is 3.73. The fraction of sp³-hybridized carbons (Fsp3) is 0.333. The molecule has 6 heteroatoms. The number of hydrogen-bond acceptors (Lipinski definition) is 6. The number of pyridine rings is 2. The second-order valence-corrected chi connectivity index (χ2v) is 7.69. The predicted octanol–water partition coefficient (Wildman–Crippen LogP) is 5.63. The van der Waals surface area contributed by atoms with Crippen LogP contribution in [0, 0.1) is 6.92 Å². The van der Waals surface area contributed by atoms with Crippen LogP contribution in [0.5, 0.6) is 0 Å². The summed E-state index contributed by atoms with van der Waals surface area (Å²) in [6.07, 6.45) is 0. The monoisotopic (exact) mass is 446 g/mol. The van der Waals surface area contributed by atoms with Crippen molar-refractivity contribution in [2.45, 2.75) is 61.0 Å². The van der Waals surface area contributed by atoms with Crippen LogP contribution < -0.4 is 0 Å². The minimum absolute atomic E-state index is 0.0119. The minimum atomic E-state index is -0.0121. The van der Waals surface area contributed by atoms with Crippen LogP contribution in [0.2, 0.25) is 0 Å². The molecule has 0 saturated heterocycles. The maximum absolute atomic E-state index is 11.5.